The summed E-state index contributed by atoms with van der Waals surface area (Å²) in [7, 11) is 0. The van der Waals surface area contributed by atoms with E-state index in [4.69, 9.17) is 27.2 Å². The molecular weight excluding hydrogens is 331 g/mol. The molecule has 1 unspecified atom stereocenters. The van der Waals surface area contributed by atoms with Gasteiger partial charge in [-0.1, -0.05) is 11.6 Å². The van der Waals surface area contributed by atoms with Crippen LogP contribution in [0.1, 0.15) is 0 Å². The van der Waals surface area contributed by atoms with Gasteiger partial charge in [0.2, 0.25) is 11.9 Å². The number of nitro groups is 1. The number of aliphatic carboxylic acids is 1. The highest BCUT2D eigenvalue weighted by molar-refractivity contribution is 9.10. The number of nitrogens with zero attached hydrogens (tertiary/aromatic N) is 1. The first-order valence-electron chi connectivity index (χ1n) is 4.59. The lowest BCUT2D eigenvalue weighted by Gasteiger charge is -2.14. The molecule has 98 valence electrons. The van der Waals surface area contributed by atoms with Crippen molar-refractivity contribution in [3.63, 3.8) is 0 Å². The van der Waals surface area contributed by atoms with Gasteiger partial charge in [0.1, 0.15) is 0 Å². The lowest BCUT2D eigenvalue weighted by atomic mass is 10.3. The Kier molecular flexibility index (Phi) is 4.88. The number of carboxylic acids is 1. The van der Waals surface area contributed by atoms with Crippen LogP contribution in [0, 0.1) is 10.1 Å². The van der Waals surface area contributed by atoms with Gasteiger partial charge in [-0.25, -0.2) is 4.79 Å². The minimum absolute atomic E-state index is 0.126. The third kappa shape index (κ3) is 3.31. The van der Waals surface area contributed by atoms with Crippen molar-refractivity contribution in [3.8, 4) is 5.75 Å². The number of carboxylic acid groups (broad SMARTS) is 1. The summed E-state index contributed by atoms with van der Waals surface area (Å²) in [6.45, 7) is -0.318. The highest BCUT2D eigenvalue weighted by Crippen LogP contribution is 2.38. The van der Waals surface area contributed by atoms with E-state index in [1.807, 2.05) is 0 Å². The maximum atomic E-state index is 10.8. The molecule has 1 atom stereocenters. The molecule has 0 saturated carbocycles. The van der Waals surface area contributed by atoms with Gasteiger partial charge in [-0.3, -0.25) is 10.1 Å². The number of hydrogen-bond donors (Lipinski definition) is 2. The lowest BCUT2D eigenvalue weighted by Crippen LogP contribution is -2.35. The SMILES string of the molecule is NCC(Oc1c(Br)cc(Cl)cc1[N+](=O)[O-])C(=O)O. The van der Waals surface area contributed by atoms with E-state index in [0.717, 1.165) is 6.07 Å². The van der Waals surface area contributed by atoms with Gasteiger partial charge < -0.3 is 15.6 Å². The summed E-state index contributed by atoms with van der Waals surface area (Å²) in [6.07, 6.45) is -1.37. The first-order chi connectivity index (χ1) is 8.36. The molecule has 0 aliphatic rings. The number of nitro benzene ring substituents is 1. The second-order valence-corrected chi connectivity index (χ2v) is 4.46. The van der Waals surface area contributed by atoms with E-state index in [1.54, 1.807) is 0 Å². The van der Waals surface area contributed by atoms with Crippen LogP contribution in [0.5, 0.6) is 5.75 Å². The number of carbonyl (C=O) groups is 1. The Labute approximate surface area is 115 Å². The summed E-state index contributed by atoms with van der Waals surface area (Å²) in [5.41, 5.74) is 4.77. The Bertz CT molecular complexity index is 496. The molecule has 0 bridgehead atoms. The minimum Gasteiger partial charge on any atom is -0.478 e. The van der Waals surface area contributed by atoms with Crippen molar-refractivity contribution >= 4 is 39.2 Å². The average molecular weight is 340 g/mol. The van der Waals surface area contributed by atoms with Crippen LogP contribution in [0.3, 0.4) is 0 Å². The smallest absolute Gasteiger partial charge is 0.346 e. The summed E-state index contributed by atoms with van der Waals surface area (Å²) in [5, 5.41) is 19.8. The second kappa shape index (κ2) is 5.98. The Morgan fingerprint density at radius 1 is 1.67 bits per heavy atom. The van der Waals surface area contributed by atoms with Crippen LogP contribution in [-0.4, -0.2) is 28.6 Å². The molecule has 0 aliphatic carbocycles. The van der Waals surface area contributed by atoms with Crippen molar-refractivity contribution in [1.29, 1.82) is 0 Å². The maximum Gasteiger partial charge on any atom is 0.346 e. The standard InChI is InChI=1S/C9H8BrClN2O5/c10-5-1-4(11)2-6(13(16)17)8(5)18-7(3-12)9(14)15/h1-2,7H,3,12H2,(H,14,15). The largest absolute Gasteiger partial charge is 0.478 e. The van der Waals surface area contributed by atoms with Crippen LogP contribution in [0.25, 0.3) is 0 Å². The number of hydrogen-bond acceptors (Lipinski definition) is 5. The van der Waals surface area contributed by atoms with E-state index in [1.165, 1.54) is 6.07 Å². The van der Waals surface area contributed by atoms with Crippen molar-refractivity contribution in [1.82, 2.24) is 0 Å². The molecule has 0 aliphatic heterocycles. The molecule has 0 heterocycles. The van der Waals surface area contributed by atoms with E-state index in [-0.39, 0.29) is 21.8 Å². The highest BCUT2D eigenvalue weighted by atomic mass is 79.9. The van der Waals surface area contributed by atoms with Crippen molar-refractivity contribution in [3.05, 3.63) is 31.7 Å². The van der Waals surface area contributed by atoms with Gasteiger partial charge in [0.05, 0.1) is 9.40 Å². The summed E-state index contributed by atoms with van der Waals surface area (Å²) in [4.78, 5) is 20.9. The summed E-state index contributed by atoms with van der Waals surface area (Å²) < 4.78 is 5.21. The summed E-state index contributed by atoms with van der Waals surface area (Å²) in [5.74, 6) is -1.53. The molecule has 18 heavy (non-hydrogen) atoms. The molecule has 0 aromatic heterocycles. The summed E-state index contributed by atoms with van der Waals surface area (Å²) in [6, 6.07) is 2.43. The van der Waals surface area contributed by atoms with E-state index >= 15 is 0 Å². The molecule has 3 N–H and O–H groups in total. The van der Waals surface area contributed by atoms with Gasteiger partial charge in [0.25, 0.3) is 0 Å². The zero-order valence-electron chi connectivity index (χ0n) is 8.80. The summed E-state index contributed by atoms with van der Waals surface area (Å²) >= 11 is 8.69. The monoisotopic (exact) mass is 338 g/mol. The predicted molar refractivity (Wildman–Crippen MR) is 66.9 cm³/mol. The van der Waals surface area contributed by atoms with E-state index < -0.39 is 22.7 Å². The molecule has 9 heteroatoms. The first kappa shape index (κ1) is 14.7. The van der Waals surface area contributed by atoms with Crippen molar-refractivity contribution < 1.29 is 19.6 Å². The minimum atomic E-state index is -1.37. The van der Waals surface area contributed by atoms with Gasteiger partial charge in [0.15, 0.2) is 0 Å². The van der Waals surface area contributed by atoms with Crippen LogP contribution in [0.15, 0.2) is 16.6 Å². The Hall–Kier alpha value is -1.38. The molecule has 0 spiro atoms. The second-order valence-electron chi connectivity index (χ2n) is 3.17. The van der Waals surface area contributed by atoms with Gasteiger partial charge in [-0.05, 0) is 22.0 Å². The predicted octanol–water partition coefficient (Wildman–Crippen LogP) is 1.80. The van der Waals surface area contributed by atoms with Crippen LogP contribution >= 0.6 is 27.5 Å². The molecule has 1 aromatic rings. The highest BCUT2D eigenvalue weighted by Gasteiger charge is 2.26. The molecule has 1 rings (SSSR count). The van der Waals surface area contributed by atoms with E-state index in [0.29, 0.717) is 0 Å². The molecule has 1 aromatic carbocycles. The normalized spacial score (nSPS) is 11.9. The van der Waals surface area contributed by atoms with Gasteiger partial charge >= 0.3 is 11.7 Å². The first-order valence-corrected chi connectivity index (χ1v) is 5.77. The Morgan fingerprint density at radius 2 is 2.28 bits per heavy atom. The molecule has 0 saturated heterocycles. The van der Waals surface area contributed by atoms with E-state index in [2.05, 4.69) is 15.9 Å². The third-order valence-corrected chi connectivity index (χ3v) is 2.74. The van der Waals surface area contributed by atoms with Crippen LogP contribution in [0.2, 0.25) is 5.02 Å². The zero-order valence-corrected chi connectivity index (χ0v) is 11.1. The number of rotatable bonds is 5. The van der Waals surface area contributed by atoms with E-state index in [9.17, 15) is 14.9 Å². The molecule has 0 radical (unpaired) electrons. The zero-order chi connectivity index (χ0) is 13.9. The number of nitrogens with two attached hydrogens (primary N) is 1. The Morgan fingerprint density at radius 3 is 2.72 bits per heavy atom. The van der Waals surface area contributed by atoms with Crippen LogP contribution in [-0.2, 0) is 4.79 Å². The molecule has 0 fully saturated rings. The fourth-order valence-corrected chi connectivity index (χ4v) is 2.03. The maximum absolute atomic E-state index is 10.8. The van der Waals surface area contributed by atoms with Gasteiger partial charge in [-0.15, -0.1) is 0 Å². The topological polar surface area (TPSA) is 116 Å². The fourth-order valence-electron chi connectivity index (χ4n) is 1.14. The number of halogens is 2. The Balaban J connectivity index is 3.22. The van der Waals surface area contributed by atoms with Gasteiger partial charge in [-0.2, -0.15) is 0 Å². The van der Waals surface area contributed by atoms with Crippen molar-refractivity contribution in [2.75, 3.05) is 6.54 Å². The molecular formula is C9H8BrClN2O5. The number of ether oxygens (including phenoxy) is 1. The fraction of sp³-hybridized carbons (Fsp3) is 0.222. The van der Waals surface area contributed by atoms with Crippen molar-refractivity contribution in [2.45, 2.75) is 6.10 Å². The van der Waals surface area contributed by atoms with Crippen LogP contribution in [0.4, 0.5) is 5.69 Å². The van der Waals surface area contributed by atoms with Crippen LogP contribution < -0.4 is 10.5 Å². The average Bonchev–Trinajstić information content (AvgIpc) is 2.26. The molecule has 7 nitrogen and oxygen atoms in total. The van der Waals surface area contributed by atoms with Crippen molar-refractivity contribution in [2.24, 2.45) is 5.73 Å². The quantitative estimate of drug-likeness (QED) is 0.624. The lowest BCUT2D eigenvalue weighted by molar-refractivity contribution is -0.386. The third-order valence-electron chi connectivity index (χ3n) is 1.94. The number of benzene rings is 1. The van der Waals surface area contributed by atoms with Gasteiger partial charge in [0, 0.05) is 17.6 Å². The molecule has 0 amide bonds.